The van der Waals surface area contributed by atoms with E-state index in [1.165, 1.54) is 18.9 Å². The van der Waals surface area contributed by atoms with Gasteiger partial charge in [-0.15, -0.1) is 11.8 Å². The van der Waals surface area contributed by atoms with Crippen LogP contribution in [-0.4, -0.2) is 35.0 Å². The lowest BCUT2D eigenvalue weighted by molar-refractivity contribution is 0.0600. The van der Waals surface area contributed by atoms with Gasteiger partial charge in [-0.05, 0) is 18.6 Å². The van der Waals surface area contributed by atoms with Crippen LogP contribution in [0.25, 0.3) is 0 Å². The second-order valence-corrected chi connectivity index (χ2v) is 4.77. The fourth-order valence-corrected chi connectivity index (χ4v) is 2.12. The number of hydrogen-bond acceptors (Lipinski definition) is 5. The second-order valence-electron chi connectivity index (χ2n) is 3.32. The van der Waals surface area contributed by atoms with E-state index in [4.69, 9.17) is 5.11 Å². The van der Waals surface area contributed by atoms with E-state index in [0.717, 1.165) is 5.03 Å². The highest BCUT2D eigenvalue weighted by Crippen LogP contribution is 2.23. The number of ether oxygens (including phenoxy) is 1. The van der Waals surface area contributed by atoms with Crippen molar-refractivity contribution in [3.05, 3.63) is 23.9 Å². The molecule has 0 amide bonds. The molecule has 1 atom stereocenters. The van der Waals surface area contributed by atoms with Crippen molar-refractivity contribution in [3.8, 4) is 0 Å². The van der Waals surface area contributed by atoms with Gasteiger partial charge in [-0.25, -0.2) is 9.78 Å². The number of carbonyl (C=O) groups excluding carboxylic acids is 1. The van der Waals surface area contributed by atoms with Crippen LogP contribution in [0.3, 0.4) is 0 Å². The van der Waals surface area contributed by atoms with Crippen LogP contribution < -0.4 is 0 Å². The molecule has 4 nitrogen and oxygen atoms in total. The number of carbonyl (C=O) groups is 1. The summed E-state index contributed by atoms with van der Waals surface area (Å²) in [6.45, 7) is 2.16. The lowest BCUT2D eigenvalue weighted by Crippen LogP contribution is -2.03. The van der Waals surface area contributed by atoms with Gasteiger partial charge in [0.05, 0.1) is 17.7 Å². The van der Waals surface area contributed by atoms with Crippen LogP contribution in [-0.2, 0) is 4.74 Å². The minimum absolute atomic E-state index is 0.158. The molecule has 1 aromatic rings. The SMILES string of the molecule is COC(=O)c1ccnc(SC(C)CCO)c1. The lowest BCUT2D eigenvalue weighted by atomic mass is 10.3. The van der Waals surface area contributed by atoms with E-state index in [9.17, 15) is 4.79 Å². The fraction of sp³-hybridized carbons (Fsp3) is 0.455. The Bertz CT molecular complexity index is 357. The molecular formula is C11H15NO3S. The average Bonchev–Trinajstić information content (AvgIpc) is 2.28. The molecule has 1 N–H and O–H groups in total. The smallest absolute Gasteiger partial charge is 0.337 e. The Morgan fingerprint density at radius 2 is 2.44 bits per heavy atom. The lowest BCUT2D eigenvalue weighted by Gasteiger charge is -2.08. The third-order valence-electron chi connectivity index (χ3n) is 2.01. The number of methoxy groups -OCH3 is 1. The van der Waals surface area contributed by atoms with Crippen LogP contribution in [0.5, 0.6) is 0 Å². The van der Waals surface area contributed by atoms with Gasteiger partial charge in [0.1, 0.15) is 0 Å². The van der Waals surface area contributed by atoms with E-state index in [-0.39, 0.29) is 17.8 Å². The predicted octanol–water partition coefficient (Wildman–Crippen LogP) is 1.73. The Morgan fingerprint density at radius 3 is 3.06 bits per heavy atom. The van der Waals surface area contributed by atoms with Crippen LogP contribution in [0.2, 0.25) is 0 Å². The third kappa shape index (κ3) is 3.83. The molecule has 0 aliphatic carbocycles. The molecule has 0 aliphatic rings. The van der Waals surface area contributed by atoms with E-state index >= 15 is 0 Å². The summed E-state index contributed by atoms with van der Waals surface area (Å²) in [6, 6.07) is 3.32. The van der Waals surface area contributed by atoms with Crippen LogP contribution in [0.1, 0.15) is 23.7 Å². The molecule has 5 heteroatoms. The standard InChI is InChI=1S/C11H15NO3S/c1-8(4-6-13)16-10-7-9(3-5-12-10)11(14)15-2/h3,5,7-8,13H,4,6H2,1-2H3. The van der Waals surface area contributed by atoms with Crippen molar-refractivity contribution in [2.24, 2.45) is 0 Å². The van der Waals surface area contributed by atoms with E-state index in [1.54, 1.807) is 18.3 Å². The van der Waals surface area contributed by atoms with Crippen molar-refractivity contribution in [2.75, 3.05) is 13.7 Å². The quantitative estimate of drug-likeness (QED) is 0.628. The van der Waals surface area contributed by atoms with Crippen LogP contribution in [0, 0.1) is 0 Å². The molecule has 1 heterocycles. The van der Waals surface area contributed by atoms with Gasteiger partial charge >= 0.3 is 5.97 Å². The molecule has 1 unspecified atom stereocenters. The van der Waals surface area contributed by atoms with E-state index in [1.807, 2.05) is 6.92 Å². The summed E-state index contributed by atoms with van der Waals surface area (Å²) in [7, 11) is 1.35. The van der Waals surface area contributed by atoms with Gasteiger partial charge in [0, 0.05) is 18.1 Å². The Labute approximate surface area is 99.0 Å². The first-order valence-corrected chi connectivity index (χ1v) is 5.87. The highest BCUT2D eigenvalue weighted by molar-refractivity contribution is 7.99. The van der Waals surface area contributed by atoms with Crippen molar-refractivity contribution in [1.29, 1.82) is 0 Å². The third-order valence-corrected chi connectivity index (χ3v) is 3.12. The van der Waals surface area contributed by atoms with Gasteiger partial charge in [0.25, 0.3) is 0 Å². The molecule has 0 saturated heterocycles. The number of aliphatic hydroxyl groups excluding tert-OH is 1. The predicted molar refractivity (Wildman–Crippen MR) is 62.6 cm³/mol. The molecule has 1 rings (SSSR count). The molecule has 88 valence electrons. The highest BCUT2D eigenvalue weighted by Gasteiger charge is 2.09. The number of nitrogens with zero attached hydrogens (tertiary/aromatic N) is 1. The zero-order valence-electron chi connectivity index (χ0n) is 9.34. The maximum Gasteiger partial charge on any atom is 0.337 e. The van der Waals surface area contributed by atoms with Crippen LogP contribution in [0.15, 0.2) is 23.4 Å². The number of thioether (sulfide) groups is 1. The van der Waals surface area contributed by atoms with E-state index < -0.39 is 0 Å². The van der Waals surface area contributed by atoms with Gasteiger partial charge in [-0.2, -0.15) is 0 Å². The normalized spacial score (nSPS) is 12.2. The van der Waals surface area contributed by atoms with E-state index in [2.05, 4.69) is 9.72 Å². The van der Waals surface area contributed by atoms with Gasteiger partial charge < -0.3 is 9.84 Å². The maximum atomic E-state index is 11.3. The Kier molecular flexibility index (Phi) is 5.28. The fourth-order valence-electron chi connectivity index (χ4n) is 1.17. The number of esters is 1. The molecule has 0 radical (unpaired) electrons. The summed E-state index contributed by atoms with van der Waals surface area (Å²) < 4.78 is 4.63. The molecule has 0 aliphatic heterocycles. The maximum absolute atomic E-state index is 11.3. The Morgan fingerprint density at radius 1 is 1.69 bits per heavy atom. The molecule has 0 aromatic carbocycles. The van der Waals surface area contributed by atoms with Crippen molar-refractivity contribution in [3.63, 3.8) is 0 Å². The molecule has 0 saturated carbocycles. The van der Waals surface area contributed by atoms with Crippen molar-refractivity contribution < 1.29 is 14.6 Å². The van der Waals surface area contributed by atoms with Crippen molar-refractivity contribution in [2.45, 2.75) is 23.6 Å². The van der Waals surface area contributed by atoms with Gasteiger partial charge in [-0.1, -0.05) is 6.92 Å². The summed E-state index contributed by atoms with van der Waals surface area (Å²) in [5.41, 5.74) is 0.496. The van der Waals surface area contributed by atoms with Crippen molar-refractivity contribution >= 4 is 17.7 Å². The minimum Gasteiger partial charge on any atom is -0.465 e. The Hall–Kier alpha value is -1.07. The second kappa shape index (κ2) is 6.50. The molecule has 0 spiro atoms. The number of hydrogen-bond donors (Lipinski definition) is 1. The molecule has 1 aromatic heterocycles. The van der Waals surface area contributed by atoms with Gasteiger partial charge in [-0.3, -0.25) is 0 Å². The monoisotopic (exact) mass is 241 g/mol. The topological polar surface area (TPSA) is 59.4 Å². The first-order valence-electron chi connectivity index (χ1n) is 4.99. The summed E-state index contributed by atoms with van der Waals surface area (Å²) in [5.74, 6) is -0.362. The van der Waals surface area contributed by atoms with Gasteiger partial charge in [0.15, 0.2) is 0 Å². The molecular weight excluding hydrogens is 226 g/mol. The number of pyridine rings is 1. The Balaban J connectivity index is 2.70. The first-order chi connectivity index (χ1) is 7.67. The summed E-state index contributed by atoms with van der Waals surface area (Å²) in [5, 5.41) is 9.82. The minimum atomic E-state index is -0.362. The number of aliphatic hydroxyl groups is 1. The van der Waals surface area contributed by atoms with E-state index in [0.29, 0.717) is 12.0 Å². The average molecular weight is 241 g/mol. The van der Waals surface area contributed by atoms with Crippen LogP contribution in [0.4, 0.5) is 0 Å². The number of rotatable bonds is 5. The highest BCUT2D eigenvalue weighted by atomic mass is 32.2. The summed E-state index contributed by atoms with van der Waals surface area (Å²) in [4.78, 5) is 15.4. The molecule has 0 bridgehead atoms. The summed E-state index contributed by atoms with van der Waals surface area (Å²) >= 11 is 1.53. The molecule has 0 fully saturated rings. The largest absolute Gasteiger partial charge is 0.465 e. The zero-order valence-corrected chi connectivity index (χ0v) is 10.2. The zero-order chi connectivity index (χ0) is 12.0. The van der Waals surface area contributed by atoms with Crippen LogP contribution >= 0.6 is 11.8 Å². The molecule has 16 heavy (non-hydrogen) atoms. The van der Waals surface area contributed by atoms with Gasteiger partial charge in [0.2, 0.25) is 0 Å². The summed E-state index contributed by atoms with van der Waals surface area (Å²) in [6.07, 6.45) is 2.29. The number of aromatic nitrogens is 1. The first kappa shape index (κ1) is 13.0. The van der Waals surface area contributed by atoms with Crippen molar-refractivity contribution in [1.82, 2.24) is 4.98 Å².